The standard InChI is InChI=1S/C32H26NS.C14H16NSi.Ir/c1-20(2)15-22-13-14-33-30(18-22)29-17-21(3)16-28-27-19-24(11-12-31(27)34-32(28)29)26-10-6-8-23-7-4-5-9-25(23)26;1-16(2,3)13-9-10-14(15-11-13)12-7-5-4-6-8-12;/h4-14,16,18-20H,15H2,1-3H3;4-7,9-11H,1-3H3;/q2*-1;. The number of hydrogen-bond acceptors (Lipinski definition) is 3. The van der Waals surface area contributed by atoms with Crippen LogP contribution in [-0.4, -0.2) is 18.0 Å². The Labute approximate surface area is 321 Å². The Kier molecular flexibility index (Phi) is 11.1. The first-order valence-electron chi connectivity index (χ1n) is 17.4. The molecule has 0 atom stereocenters. The average Bonchev–Trinajstić information content (AvgIpc) is 3.49. The minimum atomic E-state index is -1.23. The summed E-state index contributed by atoms with van der Waals surface area (Å²) in [6.45, 7) is 13.7. The Morgan fingerprint density at radius 1 is 0.745 bits per heavy atom. The molecule has 257 valence electrons. The van der Waals surface area contributed by atoms with Crippen molar-refractivity contribution in [2.75, 3.05) is 0 Å². The van der Waals surface area contributed by atoms with Gasteiger partial charge in [0.25, 0.3) is 0 Å². The summed E-state index contributed by atoms with van der Waals surface area (Å²) in [5.41, 5.74) is 9.22. The SMILES string of the molecule is C[Si](C)(C)c1ccc(-c2[c-]cccc2)nc1.Cc1[c-]c(-c2cc(CC(C)C)ccn2)c2sc3ccc(-c4cccc5ccccc45)cc3c2c1.[Ir]. The predicted octanol–water partition coefficient (Wildman–Crippen LogP) is 12.3. The van der Waals surface area contributed by atoms with E-state index < -0.39 is 8.07 Å². The summed E-state index contributed by atoms with van der Waals surface area (Å²) in [6.07, 6.45) is 5.02. The summed E-state index contributed by atoms with van der Waals surface area (Å²) < 4.78 is 2.57. The van der Waals surface area contributed by atoms with Gasteiger partial charge in [-0.05, 0) is 79.1 Å². The van der Waals surface area contributed by atoms with Gasteiger partial charge in [0.15, 0.2) is 0 Å². The van der Waals surface area contributed by atoms with Gasteiger partial charge in [0.2, 0.25) is 0 Å². The van der Waals surface area contributed by atoms with Crippen LogP contribution in [0.4, 0.5) is 0 Å². The van der Waals surface area contributed by atoms with Crippen LogP contribution in [0.5, 0.6) is 0 Å². The van der Waals surface area contributed by atoms with Gasteiger partial charge in [-0.25, -0.2) is 0 Å². The normalized spacial score (nSPS) is 11.4. The van der Waals surface area contributed by atoms with Crippen LogP contribution in [-0.2, 0) is 26.5 Å². The second kappa shape index (κ2) is 15.6. The number of aryl methyl sites for hydroxylation is 1. The van der Waals surface area contributed by atoms with E-state index >= 15 is 0 Å². The minimum absolute atomic E-state index is 0. The van der Waals surface area contributed by atoms with Crippen molar-refractivity contribution in [3.05, 3.63) is 151 Å². The minimum Gasteiger partial charge on any atom is -0.305 e. The first kappa shape index (κ1) is 36.5. The predicted molar refractivity (Wildman–Crippen MR) is 219 cm³/mol. The van der Waals surface area contributed by atoms with E-state index in [1.807, 2.05) is 48.0 Å². The van der Waals surface area contributed by atoms with Crippen LogP contribution in [0, 0.1) is 25.0 Å². The van der Waals surface area contributed by atoms with Gasteiger partial charge in [-0.3, -0.25) is 0 Å². The molecule has 8 rings (SSSR count). The van der Waals surface area contributed by atoms with Crippen LogP contribution in [0.2, 0.25) is 19.6 Å². The van der Waals surface area contributed by atoms with E-state index in [0.29, 0.717) is 5.92 Å². The molecule has 0 spiro atoms. The molecule has 0 saturated carbocycles. The summed E-state index contributed by atoms with van der Waals surface area (Å²) in [5.74, 6) is 0.619. The summed E-state index contributed by atoms with van der Waals surface area (Å²) in [6, 6.07) is 47.8. The molecule has 0 aliphatic carbocycles. The van der Waals surface area contributed by atoms with Gasteiger partial charge < -0.3 is 9.97 Å². The van der Waals surface area contributed by atoms with Crippen LogP contribution >= 0.6 is 11.3 Å². The Bertz CT molecular complexity index is 2420. The molecule has 0 fully saturated rings. The number of pyridine rings is 2. The Balaban J connectivity index is 0.000000222. The van der Waals surface area contributed by atoms with E-state index in [4.69, 9.17) is 4.98 Å². The summed E-state index contributed by atoms with van der Waals surface area (Å²) in [4.78, 5) is 9.27. The molecular formula is C46H42IrN2SSi-2. The zero-order valence-electron chi connectivity index (χ0n) is 30.0. The Hall–Kier alpha value is -4.25. The molecule has 3 aromatic heterocycles. The molecule has 5 heteroatoms. The molecule has 3 heterocycles. The van der Waals surface area contributed by atoms with Crippen molar-refractivity contribution in [3.63, 3.8) is 0 Å². The summed E-state index contributed by atoms with van der Waals surface area (Å²) in [5, 5.41) is 6.56. The first-order chi connectivity index (χ1) is 24.1. The molecule has 0 aliphatic heterocycles. The van der Waals surface area contributed by atoms with Crippen molar-refractivity contribution < 1.29 is 20.1 Å². The fraction of sp³-hybridized carbons (Fsp3) is 0.174. The molecule has 1 radical (unpaired) electrons. The van der Waals surface area contributed by atoms with Gasteiger partial charge in [-0.2, -0.15) is 11.3 Å². The average molecular weight is 875 g/mol. The fourth-order valence-electron chi connectivity index (χ4n) is 6.54. The van der Waals surface area contributed by atoms with Gasteiger partial charge in [-0.15, -0.1) is 59.2 Å². The van der Waals surface area contributed by atoms with Crippen molar-refractivity contribution in [2.24, 2.45) is 5.92 Å². The Morgan fingerprint density at radius 3 is 2.29 bits per heavy atom. The van der Waals surface area contributed by atoms with Crippen LogP contribution in [0.25, 0.3) is 64.6 Å². The molecule has 0 N–H and O–H groups in total. The number of nitrogens with zero attached hydrogens (tertiary/aromatic N) is 2. The largest absolute Gasteiger partial charge is 0.305 e. The second-order valence-corrected chi connectivity index (χ2v) is 20.6. The first-order valence-corrected chi connectivity index (χ1v) is 21.7. The van der Waals surface area contributed by atoms with Crippen molar-refractivity contribution in [2.45, 2.75) is 46.8 Å². The molecule has 2 nitrogen and oxygen atoms in total. The third kappa shape index (κ3) is 8.13. The van der Waals surface area contributed by atoms with Crippen molar-refractivity contribution in [1.29, 1.82) is 0 Å². The van der Waals surface area contributed by atoms with Gasteiger partial charge in [0, 0.05) is 37.2 Å². The number of thiophene rings is 1. The number of rotatable bonds is 6. The van der Waals surface area contributed by atoms with E-state index in [0.717, 1.165) is 34.5 Å². The molecule has 0 bridgehead atoms. The molecule has 51 heavy (non-hydrogen) atoms. The number of benzene rings is 5. The van der Waals surface area contributed by atoms with Crippen molar-refractivity contribution in [3.8, 4) is 33.6 Å². The van der Waals surface area contributed by atoms with E-state index in [1.54, 1.807) is 0 Å². The second-order valence-electron chi connectivity index (χ2n) is 14.5. The Morgan fingerprint density at radius 2 is 1.55 bits per heavy atom. The molecule has 0 aliphatic rings. The third-order valence-corrected chi connectivity index (χ3v) is 12.3. The number of fused-ring (bicyclic) bond motifs is 4. The topological polar surface area (TPSA) is 25.8 Å². The molecular weight excluding hydrogens is 833 g/mol. The van der Waals surface area contributed by atoms with Gasteiger partial charge in [0.05, 0.1) is 8.07 Å². The van der Waals surface area contributed by atoms with E-state index in [2.05, 4.69) is 149 Å². The van der Waals surface area contributed by atoms with Crippen LogP contribution in [0.3, 0.4) is 0 Å². The fourth-order valence-corrected chi connectivity index (χ4v) is 8.74. The molecule has 0 unspecified atom stereocenters. The van der Waals surface area contributed by atoms with Gasteiger partial charge in [-0.1, -0.05) is 118 Å². The van der Waals surface area contributed by atoms with E-state index in [1.165, 1.54) is 52.8 Å². The van der Waals surface area contributed by atoms with Gasteiger partial charge in [0.1, 0.15) is 0 Å². The quantitative estimate of drug-likeness (QED) is 0.123. The van der Waals surface area contributed by atoms with Gasteiger partial charge >= 0.3 is 0 Å². The monoisotopic (exact) mass is 875 g/mol. The zero-order chi connectivity index (χ0) is 34.8. The third-order valence-electron chi connectivity index (χ3n) is 9.08. The number of hydrogen-bond donors (Lipinski definition) is 0. The maximum Gasteiger partial charge on any atom is 0.0795 e. The van der Waals surface area contributed by atoms with Crippen LogP contribution in [0.1, 0.15) is 25.0 Å². The molecule has 8 aromatic rings. The zero-order valence-corrected chi connectivity index (χ0v) is 34.3. The summed E-state index contributed by atoms with van der Waals surface area (Å²) >= 11 is 1.85. The molecule has 0 amide bonds. The summed E-state index contributed by atoms with van der Waals surface area (Å²) in [7, 11) is -1.23. The maximum atomic E-state index is 4.75. The van der Waals surface area contributed by atoms with E-state index in [-0.39, 0.29) is 20.1 Å². The smallest absolute Gasteiger partial charge is 0.0795 e. The van der Waals surface area contributed by atoms with Crippen molar-refractivity contribution >= 4 is 55.5 Å². The number of aromatic nitrogens is 2. The van der Waals surface area contributed by atoms with E-state index in [9.17, 15) is 0 Å². The molecule has 5 aromatic carbocycles. The van der Waals surface area contributed by atoms with Crippen LogP contribution < -0.4 is 5.19 Å². The van der Waals surface area contributed by atoms with Crippen LogP contribution in [0.15, 0.2) is 128 Å². The maximum absolute atomic E-state index is 4.75. The van der Waals surface area contributed by atoms with Crippen molar-refractivity contribution in [1.82, 2.24) is 9.97 Å². The molecule has 0 saturated heterocycles.